The number of pyridine rings is 1. The SMILES string of the molecule is CCN(Cc1ccccc1)C(=O)c1cc(N)cnc1Cl. The Morgan fingerprint density at radius 2 is 2.05 bits per heavy atom. The number of rotatable bonds is 4. The molecule has 2 rings (SSSR count). The third-order valence-corrected chi connectivity index (χ3v) is 3.28. The average molecular weight is 290 g/mol. The van der Waals surface area contributed by atoms with E-state index in [0.29, 0.717) is 24.3 Å². The molecule has 0 unspecified atom stereocenters. The zero-order valence-corrected chi connectivity index (χ0v) is 12.0. The highest BCUT2D eigenvalue weighted by Crippen LogP contribution is 2.18. The molecule has 0 saturated carbocycles. The fourth-order valence-electron chi connectivity index (χ4n) is 1.92. The molecule has 1 heterocycles. The van der Waals surface area contributed by atoms with E-state index in [2.05, 4.69) is 4.98 Å². The highest BCUT2D eigenvalue weighted by molar-refractivity contribution is 6.32. The maximum Gasteiger partial charge on any atom is 0.257 e. The lowest BCUT2D eigenvalue weighted by atomic mass is 10.2. The van der Waals surface area contributed by atoms with E-state index in [1.807, 2.05) is 37.3 Å². The van der Waals surface area contributed by atoms with Crippen molar-refractivity contribution in [2.45, 2.75) is 13.5 Å². The van der Waals surface area contributed by atoms with Gasteiger partial charge in [-0.2, -0.15) is 0 Å². The molecule has 0 radical (unpaired) electrons. The maximum atomic E-state index is 12.5. The molecule has 104 valence electrons. The van der Waals surface area contributed by atoms with E-state index >= 15 is 0 Å². The quantitative estimate of drug-likeness (QED) is 0.880. The van der Waals surface area contributed by atoms with Crippen molar-refractivity contribution in [1.29, 1.82) is 0 Å². The molecule has 5 heteroatoms. The molecule has 4 nitrogen and oxygen atoms in total. The first kappa shape index (κ1) is 14.3. The third kappa shape index (κ3) is 3.27. The molecule has 0 saturated heterocycles. The van der Waals surface area contributed by atoms with Gasteiger partial charge in [0, 0.05) is 13.1 Å². The summed E-state index contributed by atoms with van der Waals surface area (Å²) in [6.45, 7) is 3.04. The molecule has 1 aromatic carbocycles. The molecule has 0 aliphatic carbocycles. The van der Waals surface area contributed by atoms with E-state index in [4.69, 9.17) is 17.3 Å². The molecule has 0 bridgehead atoms. The van der Waals surface area contributed by atoms with Gasteiger partial charge in [-0.25, -0.2) is 4.98 Å². The molecule has 0 aliphatic rings. The fraction of sp³-hybridized carbons (Fsp3) is 0.200. The highest BCUT2D eigenvalue weighted by atomic mass is 35.5. The lowest BCUT2D eigenvalue weighted by molar-refractivity contribution is 0.0752. The first-order valence-corrected chi connectivity index (χ1v) is 6.73. The molecule has 0 atom stereocenters. The van der Waals surface area contributed by atoms with E-state index in [0.717, 1.165) is 5.56 Å². The predicted molar refractivity (Wildman–Crippen MR) is 80.5 cm³/mol. The van der Waals surface area contributed by atoms with Crippen LogP contribution in [-0.4, -0.2) is 22.3 Å². The lowest BCUT2D eigenvalue weighted by Crippen LogP contribution is -2.30. The normalized spacial score (nSPS) is 10.3. The molecule has 20 heavy (non-hydrogen) atoms. The van der Waals surface area contributed by atoms with Gasteiger partial charge in [0.1, 0.15) is 5.15 Å². The van der Waals surface area contributed by atoms with E-state index in [-0.39, 0.29) is 11.1 Å². The van der Waals surface area contributed by atoms with Crippen LogP contribution in [0.5, 0.6) is 0 Å². The van der Waals surface area contributed by atoms with Crippen LogP contribution in [0.1, 0.15) is 22.8 Å². The van der Waals surface area contributed by atoms with Crippen molar-refractivity contribution in [3.8, 4) is 0 Å². The molecule has 1 aromatic heterocycles. The van der Waals surface area contributed by atoms with Gasteiger partial charge >= 0.3 is 0 Å². The van der Waals surface area contributed by atoms with E-state index < -0.39 is 0 Å². The number of hydrogen-bond acceptors (Lipinski definition) is 3. The summed E-state index contributed by atoms with van der Waals surface area (Å²) in [5.74, 6) is -0.166. The Morgan fingerprint density at radius 3 is 2.70 bits per heavy atom. The zero-order valence-electron chi connectivity index (χ0n) is 11.2. The lowest BCUT2D eigenvalue weighted by Gasteiger charge is -2.21. The van der Waals surface area contributed by atoms with Gasteiger partial charge in [-0.05, 0) is 18.6 Å². The average Bonchev–Trinajstić information content (AvgIpc) is 2.47. The predicted octanol–water partition coefficient (Wildman–Crippen LogP) is 2.98. The Morgan fingerprint density at radius 1 is 1.35 bits per heavy atom. The Hall–Kier alpha value is -2.07. The van der Waals surface area contributed by atoms with Crippen molar-refractivity contribution in [3.63, 3.8) is 0 Å². The van der Waals surface area contributed by atoms with Crippen molar-refractivity contribution in [2.75, 3.05) is 12.3 Å². The largest absolute Gasteiger partial charge is 0.397 e. The summed E-state index contributed by atoms with van der Waals surface area (Å²) in [5, 5.41) is 0.177. The van der Waals surface area contributed by atoms with Crippen molar-refractivity contribution in [1.82, 2.24) is 9.88 Å². The molecule has 0 fully saturated rings. The molecule has 1 amide bonds. The minimum atomic E-state index is -0.166. The zero-order chi connectivity index (χ0) is 14.5. The summed E-state index contributed by atoms with van der Waals surface area (Å²) >= 11 is 5.98. The first-order valence-electron chi connectivity index (χ1n) is 6.36. The molecule has 2 N–H and O–H groups in total. The van der Waals surface area contributed by atoms with Crippen LogP contribution in [0.4, 0.5) is 5.69 Å². The van der Waals surface area contributed by atoms with E-state index in [9.17, 15) is 4.79 Å². The van der Waals surface area contributed by atoms with Crippen LogP contribution in [-0.2, 0) is 6.54 Å². The third-order valence-electron chi connectivity index (χ3n) is 2.98. The van der Waals surface area contributed by atoms with Crippen LogP contribution in [0.2, 0.25) is 5.15 Å². The van der Waals surface area contributed by atoms with Gasteiger partial charge in [0.15, 0.2) is 0 Å². The number of amides is 1. The molecule has 0 spiro atoms. The van der Waals surface area contributed by atoms with Gasteiger partial charge in [-0.1, -0.05) is 41.9 Å². The number of nitrogens with zero attached hydrogens (tertiary/aromatic N) is 2. The number of anilines is 1. The Bertz CT molecular complexity index is 601. The minimum Gasteiger partial charge on any atom is -0.397 e. The number of carbonyl (C=O) groups is 1. The van der Waals surface area contributed by atoms with Crippen LogP contribution < -0.4 is 5.73 Å². The fourth-order valence-corrected chi connectivity index (χ4v) is 2.10. The number of nitrogens with two attached hydrogens (primary N) is 1. The number of nitrogen functional groups attached to an aromatic ring is 1. The standard InChI is InChI=1S/C15H16ClN3O/c1-2-19(10-11-6-4-3-5-7-11)15(20)13-8-12(17)9-18-14(13)16/h3-9H,2,10,17H2,1H3. The van der Waals surface area contributed by atoms with Gasteiger partial charge in [0.2, 0.25) is 0 Å². The van der Waals surface area contributed by atoms with Crippen LogP contribution in [0.25, 0.3) is 0 Å². The van der Waals surface area contributed by atoms with Crippen molar-refractivity contribution in [3.05, 3.63) is 58.9 Å². The number of carbonyl (C=O) groups excluding carboxylic acids is 1. The summed E-state index contributed by atoms with van der Waals surface area (Å²) in [5.41, 5.74) is 7.50. The van der Waals surface area contributed by atoms with Gasteiger partial charge in [0.05, 0.1) is 17.4 Å². The second kappa shape index (κ2) is 6.39. The highest BCUT2D eigenvalue weighted by Gasteiger charge is 2.18. The Kier molecular flexibility index (Phi) is 4.58. The topological polar surface area (TPSA) is 59.2 Å². The summed E-state index contributed by atoms with van der Waals surface area (Å²) in [6, 6.07) is 11.4. The van der Waals surface area contributed by atoms with E-state index in [1.165, 1.54) is 6.20 Å². The van der Waals surface area contributed by atoms with Crippen molar-refractivity contribution < 1.29 is 4.79 Å². The Balaban J connectivity index is 2.23. The molecule has 0 aliphatic heterocycles. The second-order valence-electron chi connectivity index (χ2n) is 4.41. The summed E-state index contributed by atoms with van der Waals surface area (Å²) in [4.78, 5) is 18.1. The van der Waals surface area contributed by atoms with Gasteiger partial charge in [-0.3, -0.25) is 4.79 Å². The molecule has 2 aromatic rings. The van der Waals surface area contributed by atoms with Crippen molar-refractivity contribution >= 4 is 23.2 Å². The Labute approximate surface area is 123 Å². The van der Waals surface area contributed by atoms with Crippen LogP contribution in [0.15, 0.2) is 42.6 Å². The number of aromatic nitrogens is 1. The monoisotopic (exact) mass is 289 g/mol. The second-order valence-corrected chi connectivity index (χ2v) is 4.77. The van der Waals surface area contributed by atoms with Crippen molar-refractivity contribution in [2.24, 2.45) is 0 Å². The summed E-state index contributed by atoms with van der Waals surface area (Å²) < 4.78 is 0. The van der Waals surface area contributed by atoms with Crippen LogP contribution in [0.3, 0.4) is 0 Å². The summed E-state index contributed by atoms with van der Waals surface area (Å²) in [7, 11) is 0. The number of halogens is 1. The smallest absolute Gasteiger partial charge is 0.257 e. The van der Waals surface area contributed by atoms with Gasteiger partial charge in [0.25, 0.3) is 5.91 Å². The maximum absolute atomic E-state index is 12.5. The van der Waals surface area contributed by atoms with Gasteiger partial charge < -0.3 is 10.6 Å². The molecular formula is C15H16ClN3O. The number of benzene rings is 1. The van der Waals surface area contributed by atoms with Crippen LogP contribution in [0, 0.1) is 0 Å². The van der Waals surface area contributed by atoms with E-state index in [1.54, 1.807) is 11.0 Å². The first-order chi connectivity index (χ1) is 9.61. The minimum absolute atomic E-state index is 0.166. The van der Waals surface area contributed by atoms with Gasteiger partial charge in [-0.15, -0.1) is 0 Å². The summed E-state index contributed by atoms with van der Waals surface area (Å²) in [6.07, 6.45) is 1.44. The van der Waals surface area contributed by atoms with Crippen LogP contribution >= 0.6 is 11.6 Å². The number of hydrogen-bond donors (Lipinski definition) is 1. The molecular weight excluding hydrogens is 274 g/mol.